The number of piperazine rings is 1. The molecule has 0 unspecified atom stereocenters. The van der Waals surface area contributed by atoms with Crippen molar-refractivity contribution in [3.63, 3.8) is 0 Å². The molecule has 90 valence electrons. The highest BCUT2D eigenvalue weighted by atomic mass is 16.5. The van der Waals surface area contributed by atoms with E-state index in [4.69, 9.17) is 0 Å². The van der Waals surface area contributed by atoms with Crippen LogP contribution in [-0.2, 0) is 14.3 Å². The van der Waals surface area contributed by atoms with Gasteiger partial charge >= 0.3 is 12.0 Å². The van der Waals surface area contributed by atoms with Crippen LogP contribution in [0.25, 0.3) is 0 Å². The molecule has 1 aliphatic heterocycles. The molecule has 2 N–H and O–H groups in total. The summed E-state index contributed by atoms with van der Waals surface area (Å²) in [4.78, 5) is 34.8. The molecule has 0 bridgehead atoms. The van der Waals surface area contributed by atoms with Crippen molar-refractivity contribution in [1.29, 1.82) is 0 Å². The third kappa shape index (κ3) is 3.76. The minimum absolute atomic E-state index is 0.0225. The molecule has 0 aromatic rings. The van der Waals surface area contributed by atoms with Crippen molar-refractivity contribution in [2.45, 2.75) is 6.92 Å². The van der Waals surface area contributed by atoms with Crippen molar-refractivity contribution in [3.05, 3.63) is 0 Å². The van der Waals surface area contributed by atoms with Crippen molar-refractivity contribution in [2.24, 2.45) is 0 Å². The van der Waals surface area contributed by atoms with Gasteiger partial charge in [-0.25, -0.2) is 4.79 Å². The molecule has 0 aliphatic carbocycles. The predicted molar refractivity (Wildman–Crippen MR) is 54.6 cm³/mol. The molecule has 7 heteroatoms. The van der Waals surface area contributed by atoms with E-state index in [0.717, 1.165) is 0 Å². The monoisotopic (exact) mass is 229 g/mol. The van der Waals surface area contributed by atoms with Gasteiger partial charge in [-0.15, -0.1) is 0 Å². The molecule has 1 heterocycles. The first-order chi connectivity index (χ1) is 7.63. The number of esters is 1. The standard InChI is InChI=1S/C9H15N3O4/c1-2-16-8(14)5-11-9(15)12-4-3-10-7(13)6-12/h2-6H2,1H3,(H,10,13)(H,11,15). The Hall–Kier alpha value is -1.79. The van der Waals surface area contributed by atoms with Crippen molar-refractivity contribution >= 4 is 17.9 Å². The zero-order chi connectivity index (χ0) is 12.0. The van der Waals surface area contributed by atoms with Gasteiger partial charge in [0.15, 0.2) is 0 Å². The summed E-state index contributed by atoms with van der Waals surface area (Å²) in [6.07, 6.45) is 0. The largest absolute Gasteiger partial charge is 0.465 e. The molecule has 7 nitrogen and oxygen atoms in total. The molecule has 0 spiro atoms. The fourth-order valence-corrected chi connectivity index (χ4v) is 1.28. The van der Waals surface area contributed by atoms with Crippen molar-refractivity contribution < 1.29 is 19.1 Å². The lowest BCUT2D eigenvalue weighted by Crippen LogP contribution is -2.53. The van der Waals surface area contributed by atoms with Gasteiger partial charge in [0.2, 0.25) is 5.91 Å². The maximum Gasteiger partial charge on any atom is 0.325 e. The molecule has 1 aliphatic rings. The lowest BCUT2D eigenvalue weighted by molar-refractivity contribution is -0.141. The Morgan fingerprint density at radius 3 is 2.94 bits per heavy atom. The van der Waals surface area contributed by atoms with Crippen LogP contribution in [0.2, 0.25) is 0 Å². The Labute approximate surface area is 93.1 Å². The molecule has 1 fully saturated rings. The van der Waals surface area contributed by atoms with Crippen molar-refractivity contribution in [2.75, 3.05) is 32.8 Å². The number of nitrogens with zero attached hydrogens (tertiary/aromatic N) is 1. The lowest BCUT2D eigenvalue weighted by atomic mass is 10.4. The van der Waals surface area contributed by atoms with Gasteiger partial charge in [0.1, 0.15) is 13.1 Å². The summed E-state index contributed by atoms with van der Waals surface area (Å²) in [5, 5.41) is 4.99. The predicted octanol–water partition coefficient (Wildman–Crippen LogP) is -1.31. The maximum absolute atomic E-state index is 11.5. The third-order valence-electron chi connectivity index (χ3n) is 2.01. The number of hydrogen-bond acceptors (Lipinski definition) is 4. The van der Waals surface area contributed by atoms with E-state index in [0.29, 0.717) is 13.1 Å². The first-order valence-corrected chi connectivity index (χ1v) is 5.08. The average molecular weight is 229 g/mol. The van der Waals surface area contributed by atoms with Gasteiger partial charge < -0.3 is 20.3 Å². The number of ether oxygens (including phenoxy) is 1. The first-order valence-electron chi connectivity index (χ1n) is 5.08. The van der Waals surface area contributed by atoms with Gasteiger partial charge in [-0.1, -0.05) is 0 Å². The highest BCUT2D eigenvalue weighted by molar-refractivity contribution is 5.86. The lowest BCUT2D eigenvalue weighted by Gasteiger charge is -2.26. The molecule has 16 heavy (non-hydrogen) atoms. The van der Waals surface area contributed by atoms with Crippen LogP contribution in [0, 0.1) is 0 Å². The van der Waals surface area contributed by atoms with Gasteiger partial charge in [0.05, 0.1) is 6.61 Å². The smallest absolute Gasteiger partial charge is 0.325 e. The molecule has 0 aromatic heterocycles. The minimum Gasteiger partial charge on any atom is -0.465 e. The van der Waals surface area contributed by atoms with E-state index in [1.54, 1.807) is 6.92 Å². The van der Waals surface area contributed by atoms with Gasteiger partial charge in [-0.05, 0) is 6.92 Å². The Morgan fingerprint density at radius 2 is 2.31 bits per heavy atom. The molecule has 1 saturated heterocycles. The SMILES string of the molecule is CCOC(=O)CNC(=O)N1CCNC(=O)C1. The number of hydrogen-bond donors (Lipinski definition) is 2. The highest BCUT2D eigenvalue weighted by Crippen LogP contribution is 1.93. The molecular weight excluding hydrogens is 214 g/mol. The highest BCUT2D eigenvalue weighted by Gasteiger charge is 2.21. The summed E-state index contributed by atoms with van der Waals surface area (Å²) in [5.74, 6) is -0.685. The summed E-state index contributed by atoms with van der Waals surface area (Å²) in [6, 6.07) is -0.428. The van der Waals surface area contributed by atoms with E-state index >= 15 is 0 Å². The van der Waals surface area contributed by atoms with Crippen LogP contribution >= 0.6 is 0 Å². The van der Waals surface area contributed by atoms with Gasteiger partial charge in [-0.2, -0.15) is 0 Å². The van der Waals surface area contributed by atoms with E-state index in [1.807, 2.05) is 0 Å². The summed E-state index contributed by atoms with van der Waals surface area (Å²) in [7, 11) is 0. The third-order valence-corrected chi connectivity index (χ3v) is 2.01. The Morgan fingerprint density at radius 1 is 1.56 bits per heavy atom. The van der Waals surface area contributed by atoms with Crippen molar-refractivity contribution in [3.8, 4) is 0 Å². The molecule has 0 aromatic carbocycles. The fourth-order valence-electron chi connectivity index (χ4n) is 1.28. The van der Waals surface area contributed by atoms with Crippen LogP contribution in [-0.4, -0.2) is 55.6 Å². The second-order valence-corrected chi connectivity index (χ2v) is 3.24. The van der Waals surface area contributed by atoms with E-state index in [2.05, 4.69) is 15.4 Å². The fraction of sp³-hybridized carbons (Fsp3) is 0.667. The average Bonchev–Trinajstić information content (AvgIpc) is 2.26. The van der Waals surface area contributed by atoms with E-state index in [1.165, 1.54) is 4.90 Å². The number of amides is 3. The Bertz CT molecular complexity index is 292. The number of carbonyl (C=O) groups excluding carboxylic acids is 3. The number of nitrogens with one attached hydrogen (secondary N) is 2. The van der Waals surface area contributed by atoms with Gasteiger partial charge in [0, 0.05) is 13.1 Å². The summed E-state index contributed by atoms with van der Waals surface area (Å²) in [6.45, 7) is 2.70. The zero-order valence-corrected chi connectivity index (χ0v) is 9.12. The molecule has 0 saturated carbocycles. The van der Waals surface area contributed by atoms with Crippen LogP contribution in [0.5, 0.6) is 0 Å². The van der Waals surface area contributed by atoms with Crippen LogP contribution in [0.15, 0.2) is 0 Å². The Kier molecular flexibility index (Phi) is 4.56. The summed E-state index contributed by atoms with van der Waals surface area (Å²) >= 11 is 0. The summed E-state index contributed by atoms with van der Waals surface area (Å²) in [5.41, 5.74) is 0. The first kappa shape index (κ1) is 12.3. The van der Waals surface area contributed by atoms with E-state index < -0.39 is 12.0 Å². The van der Waals surface area contributed by atoms with Crippen LogP contribution < -0.4 is 10.6 Å². The van der Waals surface area contributed by atoms with Gasteiger partial charge in [0.25, 0.3) is 0 Å². The van der Waals surface area contributed by atoms with Crippen LogP contribution in [0.1, 0.15) is 6.92 Å². The van der Waals surface area contributed by atoms with Crippen LogP contribution in [0.3, 0.4) is 0 Å². The number of urea groups is 1. The van der Waals surface area contributed by atoms with Crippen LogP contribution in [0.4, 0.5) is 4.79 Å². The minimum atomic E-state index is -0.489. The van der Waals surface area contributed by atoms with E-state index in [-0.39, 0.29) is 25.6 Å². The Balaban J connectivity index is 2.29. The second-order valence-electron chi connectivity index (χ2n) is 3.24. The molecule has 3 amide bonds. The molecular formula is C9H15N3O4. The second kappa shape index (κ2) is 5.94. The number of carbonyl (C=O) groups is 3. The topological polar surface area (TPSA) is 87.7 Å². The molecule has 0 radical (unpaired) electrons. The molecule has 0 atom stereocenters. The normalized spacial score (nSPS) is 15.3. The summed E-state index contributed by atoms with van der Waals surface area (Å²) < 4.78 is 4.65. The molecule has 1 rings (SSSR count). The zero-order valence-electron chi connectivity index (χ0n) is 9.12. The van der Waals surface area contributed by atoms with Crippen molar-refractivity contribution in [1.82, 2.24) is 15.5 Å². The van der Waals surface area contributed by atoms with E-state index in [9.17, 15) is 14.4 Å². The van der Waals surface area contributed by atoms with Gasteiger partial charge in [-0.3, -0.25) is 9.59 Å². The number of rotatable bonds is 3. The quantitative estimate of drug-likeness (QED) is 0.588. The maximum atomic E-state index is 11.5.